The first-order valence-electron chi connectivity index (χ1n) is 8.88. The summed E-state index contributed by atoms with van der Waals surface area (Å²) in [6.07, 6.45) is 1.47. The third kappa shape index (κ3) is 4.95. The quantitative estimate of drug-likeness (QED) is 0.677. The molecule has 0 amide bonds. The van der Waals surface area contributed by atoms with Crippen LogP contribution in [0.15, 0.2) is 30.5 Å². The van der Waals surface area contributed by atoms with E-state index >= 15 is 0 Å². The lowest BCUT2D eigenvalue weighted by Crippen LogP contribution is -2.27. The Morgan fingerprint density at radius 2 is 1.72 bits per heavy atom. The summed E-state index contributed by atoms with van der Waals surface area (Å²) in [6.45, 7) is 16.6. The van der Waals surface area contributed by atoms with E-state index in [1.165, 1.54) is 0 Å². The number of aromatic nitrogens is 1. The van der Waals surface area contributed by atoms with Crippen molar-refractivity contribution in [3.8, 4) is 0 Å². The van der Waals surface area contributed by atoms with Gasteiger partial charge in [-0.2, -0.15) is 0 Å². The molecule has 0 fully saturated rings. The summed E-state index contributed by atoms with van der Waals surface area (Å²) in [6, 6.07) is 8.13. The molecule has 0 radical (unpaired) electrons. The third-order valence-electron chi connectivity index (χ3n) is 3.80. The van der Waals surface area contributed by atoms with E-state index in [9.17, 15) is 4.79 Å². The van der Waals surface area contributed by atoms with Crippen LogP contribution in [0.3, 0.4) is 0 Å². The van der Waals surface area contributed by atoms with Crippen LogP contribution in [0.2, 0.25) is 13.1 Å². The van der Waals surface area contributed by atoms with Crippen molar-refractivity contribution in [2.24, 2.45) is 5.41 Å². The third-order valence-corrected chi connectivity index (χ3v) is 4.62. The van der Waals surface area contributed by atoms with E-state index in [4.69, 9.17) is 9.16 Å². The van der Waals surface area contributed by atoms with Crippen molar-refractivity contribution in [3.05, 3.63) is 36.0 Å². The van der Waals surface area contributed by atoms with Gasteiger partial charge in [0.25, 0.3) is 0 Å². The Kier molecular flexibility index (Phi) is 5.49. The van der Waals surface area contributed by atoms with E-state index in [1.807, 2.05) is 32.9 Å². The SMILES string of the molecule is C[SiH](C)OC(c1ccc2c(ccn2C(=O)OC(C)(C)C)c1)C(C)(C)C. The molecule has 2 rings (SSSR count). The first-order chi connectivity index (χ1) is 11.4. The Bertz CT molecular complexity index is 750. The van der Waals surface area contributed by atoms with Crippen molar-refractivity contribution in [2.45, 2.75) is 66.3 Å². The average Bonchev–Trinajstić information content (AvgIpc) is 2.84. The fourth-order valence-electron chi connectivity index (χ4n) is 2.85. The Hall–Kier alpha value is -1.59. The van der Waals surface area contributed by atoms with Gasteiger partial charge in [-0.15, -0.1) is 0 Å². The molecule has 0 bridgehead atoms. The van der Waals surface area contributed by atoms with Crippen molar-refractivity contribution >= 4 is 26.0 Å². The van der Waals surface area contributed by atoms with Gasteiger partial charge in [-0.3, -0.25) is 4.57 Å². The van der Waals surface area contributed by atoms with E-state index in [-0.39, 0.29) is 17.6 Å². The second kappa shape index (κ2) is 6.96. The summed E-state index contributed by atoms with van der Waals surface area (Å²) in [5, 5.41) is 1.02. The number of hydrogen-bond donors (Lipinski definition) is 0. The largest absolute Gasteiger partial charge is 0.443 e. The molecule has 0 aliphatic carbocycles. The molecule has 4 nitrogen and oxygen atoms in total. The molecule has 1 aromatic carbocycles. The zero-order valence-corrected chi connectivity index (χ0v) is 17.9. The maximum atomic E-state index is 12.4. The minimum atomic E-state index is -1.17. The summed E-state index contributed by atoms with van der Waals surface area (Å²) in [5.74, 6) is 0. The summed E-state index contributed by atoms with van der Waals surface area (Å²) in [4.78, 5) is 12.4. The second-order valence-corrected chi connectivity index (χ2v) is 11.3. The monoisotopic (exact) mass is 361 g/mol. The highest BCUT2D eigenvalue weighted by Gasteiger charge is 2.28. The van der Waals surface area contributed by atoms with Crippen LogP contribution < -0.4 is 0 Å². The van der Waals surface area contributed by atoms with Gasteiger partial charge < -0.3 is 9.16 Å². The van der Waals surface area contributed by atoms with Crippen molar-refractivity contribution < 1.29 is 14.0 Å². The van der Waals surface area contributed by atoms with Gasteiger partial charge in [-0.1, -0.05) is 26.8 Å². The van der Waals surface area contributed by atoms with Crippen LogP contribution in [-0.4, -0.2) is 25.3 Å². The van der Waals surface area contributed by atoms with Crippen molar-refractivity contribution in [1.82, 2.24) is 4.57 Å². The van der Waals surface area contributed by atoms with E-state index in [0.29, 0.717) is 0 Å². The maximum Gasteiger partial charge on any atom is 0.418 e. The summed E-state index contributed by atoms with van der Waals surface area (Å²) in [5.41, 5.74) is 1.51. The zero-order valence-electron chi connectivity index (χ0n) is 16.7. The van der Waals surface area contributed by atoms with Crippen molar-refractivity contribution in [1.29, 1.82) is 0 Å². The summed E-state index contributed by atoms with van der Waals surface area (Å²) in [7, 11) is -1.17. The maximum absolute atomic E-state index is 12.4. The molecule has 0 saturated heterocycles. The number of fused-ring (bicyclic) bond motifs is 1. The van der Waals surface area contributed by atoms with Gasteiger partial charge in [0.1, 0.15) is 5.60 Å². The number of nitrogens with zero attached hydrogens (tertiary/aromatic N) is 1. The van der Waals surface area contributed by atoms with Gasteiger partial charge in [0, 0.05) is 11.6 Å². The molecule has 2 aromatic rings. The fraction of sp³-hybridized carbons (Fsp3) is 0.550. The fourth-order valence-corrected chi connectivity index (χ4v) is 3.96. The van der Waals surface area contributed by atoms with Gasteiger partial charge in [-0.25, -0.2) is 4.79 Å². The highest BCUT2D eigenvalue weighted by molar-refractivity contribution is 6.48. The summed E-state index contributed by atoms with van der Waals surface area (Å²) < 4.78 is 13.4. The summed E-state index contributed by atoms with van der Waals surface area (Å²) >= 11 is 0. The van der Waals surface area contributed by atoms with Crippen LogP contribution in [0, 0.1) is 5.41 Å². The zero-order chi connectivity index (χ0) is 19.0. The lowest BCUT2D eigenvalue weighted by molar-refractivity contribution is 0.0544. The number of hydrogen-bond acceptors (Lipinski definition) is 3. The molecule has 1 atom stereocenters. The minimum absolute atomic E-state index is 0.0126. The topological polar surface area (TPSA) is 40.5 Å². The van der Waals surface area contributed by atoms with Gasteiger partial charge >= 0.3 is 6.09 Å². The van der Waals surface area contributed by atoms with Crippen molar-refractivity contribution in [3.63, 3.8) is 0 Å². The molecular formula is C20H31NO3Si. The Labute approximate surface area is 152 Å². The average molecular weight is 362 g/mol. The number of benzene rings is 1. The van der Waals surface area contributed by atoms with Gasteiger partial charge in [0.15, 0.2) is 9.04 Å². The molecule has 138 valence electrons. The smallest absolute Gasteiger partial charge is 0.418 e. The number of rotatable bonds is 3. The number of carbonyl (C=O) groups is 1. The van der Waals surface area contributed by atoms with E-state index in [2.05, 4.69) is 46.0 Å². The predicted molar refractivity (Wildman–Crippen MR) is 106 cm³/mol. The number of carbonyl (C=O) groups excluding carboxylic acids is 1. The standard InChI is InChI=1S/C20H31NO3Si/c1-19(2,3)17(24-25(7)8)15-9-10-16-14(13-15)11-12-21(16)18(22)23-20(4,5)6/h9-13,17,25H,1-8H3. The first kappa shape index (κ1) is 19.7. The van der Waals surface area contributed by atoms with Gasteiger partial charge in [0.2, 0.25) is 0 Å². The molecule has 0 N–H and O–H groups in total. The molecular weight excluding hydrogens is 330 g/mol. The molecule has 0 aliphatic rings. The number of ether oxygens (including phenoxy) is 1. The molecule has 1 unspecified atom stereocenters. The van der Waals surface area contributed by atoms with Gasteiger partial charge in [-0.05, 0) is 63.0 Å². The Balaban J connectivity index is 2.39. The van der Waals surface area contributed by atoms with E-state index in [1.54, 1.807) is 10.8 Å². The van der Waals surface area contributed by atoms with Gasteiger partial charge in [0.05, 0.1) is 11.6 Å². The lowest BCUT2D eigenvalue weighted by Gasteiger charge is -2.33. The predicted octanol–water partition coefficient (Wildman–Crippen LogP) is 5.51. The second-order valence-electron chi connectivity index (χ2n) is 8.92. The molecule has 0 spiro atoms. The molecule has 25 heavy (non-hydrogen) atoms. The highest BCUT2D eigenvalue weighted by Crippen LogP contribution is 2.37. The molecule has 1 heterocycles. The van der Waals surface area contributed by atoms with Crippen LogP contribution in [0.5, 0.6) is 0 Å². The van der Waals surface area contributed by atoms with Crippen LogP contribution in [0.1, 0.15) is 53.2 Å². The highest BCUT2D eigenvalue weighted by atomic mass is 28.3. The van der Waals surface area contributed by atoms with Crippen molar-refractivity contribution in [2.75, 3.05) is 0 Å². The Morgan fingerprint density at radius 1 is 1.08 bits per heavy atom. The Morgan fingerprint density at radius 3 is 2.24 bits per heavy atom. The van der Waals surface area contributed by atoms with Crippen LogP contribution in [0.25, 0.3) is 10.9 Å². The van der Waals surface area contributed by atoms with Crippen LogP contribution >= 0.6 is 0 Å². The first-order valence-corrected chi connectivity index (χ1v) is 11.7. The lowest BCUT2D eigenvalue weighted by atomic mass is 9.84. The molecule has 0 saturated carbocycles. The minimum Gasteiger partial charge on any atom is -0.443 e. The molecule has 0 aliphatic heterocycles. The van der Waals surface area contributed by atoms with Crippen LogP contribution in [-0.2, 0) is 9.16 Å². The molecule has 1 aromatic heterocycles. The van der Waals surface area contributed by atoms with E-state index in [0.717, 1.165) is 16.5 Å². The van der Waals surface area contributed by atoms with Crippen LogP contribution in [0.4, 0.5) is 4.79 Å². The molecule has 5 heteroatoms. The normalized spacial score (nSPS) is 14.1. The van der Waals surface area contributed by atoms with E-state index < -0.39 is 14.6 Å².